The Morgan fingerprint density at radius 3 is 2.58 bits per heavy atom. The maximum absolute atomic E-state index is 12.8. The van der Waals surface area contributed by atoms with Crippen LogP contribution in [0.1, 0.15) is 0 Å². The summed E-state index contributed by atoms with van der Waals surface area (Å²) < 4.78 is 8.74. The zero-order valence-corrected chi connectivity index (χ0v) is 18.4. The van der Waals surface area contributed by atoms with Crippen molar-refractivity contribution in [2.45, 2.75) is 0 Å². The highest BCUT2D eigenvalue weighted by molar-refractivity contribution is 5.94. The predicted octanol–water partition coefficient (Wildman–Crippen LogP) is 1.68. The number of nitrogens with one attached hydrogen (secondary N) is 3. The number of aromatic nitrogens is 9. The Labute approximate surface area is 187 Å². The molecule has 33 heavy (non-hydrogen) atoms. The maximum Gasteiger partial charge on any atom is 0.277 e. The fourth-order valence-corrected chi connectivity index (χ4v) is 3.56. The third kappa shape index (κ3) is 3.64. The lowest BCUT2D eigenvalue weighted by molar-refractivity contribution is 0.418. The Balaban J connectivity index is 1.62. The van der Waals surface area contributed by atoms with Crippen molar-refractivity contribution >= 4 is 34.0 Å². The lowest BCUT2D eigenvalue weighted by Gasteiger charge is -2.15. The summed E-state index contributed by atoms with van der Waals surface area (Å²) >= 11 is 0. The van der Waals surface area contributed by atoms with Gasteiger partial charge >= 0.3 is 0 Å². The molecule has 0 amide bonds. The third-order valence-corrected chi connectivity index (χ3v) is 5.02. The normalized spacial score (nSPS) is 11.2. The van der Waals surface area contributed by atoms with E-state index in [1.54, 1.807) is 32.0 Å². The van der Waals surface area contributed by atoms with Gasteiger partial charge in [0.15, 0.2) is 17.2 Å². The Morgan fingerprint density at radius 2 is 1.88 bits per heavy atom. The van der Waals surface area contributed by atoms with Gasteiger partial charge in [-0.05, 0) is 17.3 Å². The van der Waals surface area contributed by atoms with E-state index in [1.165, 1.54) is 9.48 Å². The molecule has 0 unspecified atom stereocenters. The van der Waals surface area contributed by atoms with Gasteiger partial charge in [-0.1, -0.05) is 6.07 Å². The summed E-state index contributed by atoms with van der Waals surface area (Å²) in [4.78, 5) is 18.7. The molecule has 0 aliphatic carbocycles. The van der Waals surface area contributed by atoms with Gasteiger partial charge in [0.2, 0.25) is 5.82 Å². The smallest absolute Gasteiger partial charge is 0.277 e. The lowest BCUT2D eigenvalue weighted by atomic mass is 10.1. The van der Waals surface area contributed by atoms with Crippen molar-refractivity contribution < 1.29 is 4.74 Å². The van der Waals surface area contributed by atoms with Gasteiger partial charge in [0, 0.05) is 32.4 Å². The van der Waals surface area contributed by atoms with Crippen LogP contribution < -0.4 is 20.9 Å². The van der Waals surface area contributed by atoms with Crippen LogP contribution in [0.15, 0.2) is 41.3 Å². The first kappa shape index (κ1) is 20.2. The molecule has 4 heterocycles. The van der Waals surface area contributed by atoms with Crippen molar-refractivity contribution in [3.8, 4) is 17.1 Å². The number of pyridine rings is 1. The van der Waals surface area contributed by atoms with Gasteiger partial charge in [-0.15, -0.1) is 10.2 Å². The topological polar surface area (TPSA) is 145 Å². The van der Waals surface area contributed by atoms with Crippen molar-refractivity contribution in [2.75, 3.05) is 17.7 Å². The van der Waals surface area contributed by atoms with E-state index in [4.69, 9.17) is 4.74 Å². The quantitative estimate of drug-likeness (QED) is 0.354. The van der Waals surface area contributed by atoms with Crippen LogP contribution in [-0.2, 0) is 21.1 Å². The summed E-state index contributed by atoms with van der Waals surface area (Å²) in [5.41, 5.74) is 2.05. The zero-order valence-electron chi connectivity index (χ0n) is 18.4. The molecule has 5 aromatic rings. The summed E-state index contributed by atoms with van der Waals surface area (Å²) in [5, 5.41) is 26.4. The Bertz CT molecular complexity index is 1520. The number of rotatable bonds is 6. The van der Waals surface area contributed by atoms with E-state index in [9.17, 15) is 4.79 Å². The molecule has 0 aliphatic rings. The maximum atomic E-state index is 12.8. The fourth-order valence-electron chi connectivity index (χ4n) is 3.56. The van der Waals surface area contributed by atoms with E-state index in [-0.39, 0.29) is 5.56 Å². The van der Waals surface area contributed by atoms with E-state index in [2.05, 4.69) is 41.2 Å². The molecule has 0 bridgehead atoms. The predicted molar refractivity (Wildman–Crippen MR) is 122 cm³/mol. The van der Waals surface area contributed by atoms with Gasteiger partial charge < -0.3 is 15.4 Å². The van der Waals surface area contributed by atoms with Crippen LogP contribution in [0.5, 0.6) is 5.75 Å². The Hall–Kier alpha value is -4.68. The van der Waals surface area contributed by atoms with Crippen molar-refractivity contribution in [1.29, 1.82) is 0 Å². The van der Waals surface area contributed by atoms with E-state index in [0.717, 1.165) is 0 Å². The van der Waals surface area contributed by atoms with Crippen molar-refractivity contribution in [2.24, 2.45) is 21.1 Å². The monoisotopic (exact) mass is 447 g/mol. The van der Waals surface area contributed by atoms with E-state index in [0.29, 0.717) is 51.2 Å². The fraction of sp³-hybridized carbons (Fsp3) is 0.200. The van der Waals surface area contributed by atoms with Gasteiger partial charge in [0.1, 0.15) is 11.2 Å². The number of fused-ring (bicyclic) bond motifs is 1. The minimum atomic E-state index is -0.213. The van der Waals surface area contributed by atoms with Gasteiger partial charge in [0.05, 0.1) is 31.1 Å². The van der Waals surface area contributed by atoms with Crippen LogP contribution in [0, 0.1) is 0 Å². The van der Waals surface area contributed by atoms with Crippen molar-refractivity contribution in [1.82, 2.24) is 44.8 Å². The van der Waals surface area contributed by atoms with Crippen LogP contribution in [-0.4, -0.2) is 51.9 Å². The van der Waals surface area contributed by atoms with Crippen molar-refractivity contribution in [3.63, 3.8) is 0 Å². The molecule has 13 nitrogen and oxygen atoms in total. The minimum Gasteiger partial charge on any atom is -0.494 e. The average molecular weight is 447 g/mol. The number of methoxy groups -OCH3 is 1. The molecule has 1 aromatic carbocycles. The zero-order chi connectivity index (χ0) is 23.1. The second-order valence-corrected chi connectivity index (χ2v) is 7.37. The number of hydrogen-bond donors (Lipinski definition) is 3. The van der Waals surface area contributed by atoms with Gasteiger partial charge in [-0.3, -0.25) is 19.3 Å². The summed E-state index contributed by atoms with van der Waals surface area (Å²) in [6, 6.07) is 9.10. The number of ether oxygens (including phenoxy) is 1. The standard InChI is InChI=1S/C20H21N11O2/c1-29-9-8-14(25-29)22-15-10-13(16-19(23-15)26-30(2)20(16)32)21-12-7-5-6-11(17(12)33-4)18-24-28-31(3)27-18/h5-10H,1-4H3,(H3,21,22,23,25,26). The largest absolute Gasteiger partial charge is 0.494 e. The number of benzene rings is 1. The summed E-state index contributed by atoms with van der Waals surface area (Å²) in [6.07, 6.45) is 1.82. The SMILES string of the molecule is COc1c(Nc2cc(Nc3ccn(C)n3)nc3[nH]n(C)c(=O)c23)cccc1-c1nnn(C)n1. The average Bonchev–Trinajstić information content (AvgIpc) is 3.47. The highest BCUT2D eigenvalue weighted by atomic mass is 16.5. The highest BCUT2D eigenvalue weighted by Crippen LogP contribution is 2.37. The molecule has 0 fully saturated rings. The number of aryl methyl sites for hydroxylation is 3. The molecule has 13 heteroatoms. The number of H-pyrrole nitrogens is 1. The molecule has 0 atom stereocenters. The highest BCUT2D eigenvalue weighted by Gasteiger charge is 2.18. The van der Waals surface area contributed by atoms with E-state index < -0.39 is 0 Å². The molecule has 0 saturated carbocycles. The molecule has 0 aliphatic heterocycles. The Kier molecular flexibility index (Phi) is 4.77. The van der Waals surface area contributed by atoms with Crippen molar-refractivity contribution in [3.05, 3.63) is 46.9 Å². The van der Waals surface area contributed by atoms with Crippen LogP contribution in [0.4, 0.5) is 23.0 Å². The van der Waals surface area contributed by atoms with Crippen LogP contribution >= 0.6 is 0 Å². The van der Waals surface area contributed by atoms with Gasteiger partial charge in [-0.2, -0.15) is 9.90 Å². The minimum absolute atomic E-state index is 0.213. The van der Waals surface area contributed by atoms with Crippen LogP contribution in [0.3, 0.4) is 0 Å². The molecular formula is C20H21N11O2. The summed E-state index contributed by atoms with van der Waals surface area (Å²) in [7, 11) is 6.72. The first-order chi connectivity index (χ1) is 15.9. The lowest BCUT2D eigenvalue weighted by Crippen LogP contribution is -2.12. The second-order valence-electron chi connectivity index (χ2n) is 7.37. The molecule has 168 valence electrons. The van der Waals surface area contributed by atoms with Crippen LogP contribution in [0.25, 0.3) is 22.4 Å². The number of hydrogen-bond acceptors (Lipinski definition) is 9. The third-order valence-electron chi connectivity index (χ3n) is 5.02. The Morgan fingerprint density at radius 1 is 1.03 bits per heavy atom. The molecule has 5 rings (SSSR count). The number of nitrogens with zero attached hydrogens (tertiary/aromatic N) is 8. The molecule has 0 spiro atoms. The second kappa shape index (κ2) is 7.78. The number of aromatic amines is 1. The summed E-state index contributed by atoms with van der Waals surface area (Å²) in [6.45, 7) is 0. The first-order valence-electron chi connectivity index (χ1n) is 9.97. The number of tetrazole rings is 1. The molecule has 0 radical (unpaired) electrons. The first-order valence-corrected chi connectivity index (χ1v) is 9.97. The molecule has 4 aromatic heterocycles. The summed E-state index contributed by atoms with van der Waals surface area (Å²) in [5.74, 6) is 2.08. The van der Waals surface area contributed by atoms with Crippen LogP contribution in [0.2, 0.25) is 0 Å². The molecule has 3 N–H and O–H groups in total. The van der Waals surface area contributed by atoms with Gasteiger partial charge in [-0.25, -0.2) is 4.98 Å². The van der Waals surface area contributed by atoms with E-state index in [1.807, 2.05) is 37.5 Å². The van der Waals surface area contributed by atoms with E-state index >= 15 is 0 Å². The van der Waals surface area contributed by atoms with Gasteiger partial charge in [0.25, 0.3) is 5.56 Å². The molecular weight excluding hydrogens is 426 g/mol. The molecule has 0 saturated heterocycles. The number of para-hydroxylation sites is 1. The number of anilines is 4.